The quantitative estimate of drug-likeness (QED) is 0.516. The van der Waals surface area contributed by atoms with E-state index in [4.69, 9.17) is 0 Å². The van der Waals surface area contributed by atoms with Crippen LogP contribution in [0.4, 0.5) is 18.0 Å². The molecular formula is C25H25BrF3N3O2. The largest absolute Gasteiger partial charge is 0.416 e. The maximum absolute atomic E-state index is 13.2. The maximum atomic E-state index is 13.2. The summed E-state index contributed by atoms with van der Waals surface area (Å²) >= 11 is 3.67. The highest BCUT2D eigenvalue weighted by Gasteiger charge is 2.47. The second-order valence-corrected chi connectivity index (χ2v) is 9.56. The lowest BCUT2D eigenvalue weighted by Gasteiger charge is -2.40. The zero-order chi connectivity index (χ0) is 24.5. The second-order valence-electron chi connectivity index (χ2n) is 8.71. The fraction of sp³-hybridized carbons (Fsp3) is 0.360. The van der Waals surface area contributed by atoms with Gasteiger partial charge in [0.05, 0.1) is 11.6 Å². The van der Waals surface area contributed by atoms with Crippen molar-refractivity contribution in [1.82, 2.24) is 15.5 Å². The molecule has 1 spiro atoms. The zero-order valence-corrected chi connectivity index (χ0v) is 20.2. The van der Waals surface area contributed by atoms with Gasteiger partial charge < -0.3 is 15.5 Å². The first-order chi connectivity index (χ1) is 16.1. The maximum Gasteiger partial charge on any atom is 0.416 e. The van der Waals surface area contributed by atoms with Gasteiger partial charge in [0.2, 0.25) is 5.91 Å². The summed E-state index contributed by atoms with van der Waals surface area (Å²) in [5.41, 5.74) is 1.25. The third-order valence-corrected chi connectivity index (χ3v) is 7.44. The van der Waals surface area contributed by atoms with E-state index in [1.165, 1.54) is 30.4 Å². The van der Waals surface area contributed by atoms with E-state index in [2.05, 4.69) is 26.6 Å². The van der Waals surface area contributed by atoms with Crippen LogP contribution in [-0.2, 0) is 16.4 Å². The van der Waals surface area contributed by atoms with Crippen LogP contribution in [0.2, 0.25) is 0 Å². The summed E-state index contributed by atoms with van der Waals surface area (Å²) in [7, 11) is 1.58. The number of hydrogen-bond donors (Lipinski definition) is 2. The molecule has 0 saturated carbocycles. The predicted octanol–water partition coefficient (Wildman–Crippen LogP) is 5.42. The highest BCUT2D eigenvalue weighted by Crippen LogP contribution is 2.53. The number of amides is 3. The van der Waals surface area contributed by atoms with Crippen molar-refractivity contribution in [3.05, 3.63) is 75.3 Å². The first-order valence-electron chi connectivity index (χ1n) is 11.0. The average molecular weight is 536 g/mol. The molecule has 4 rings (SSSR count). The van der Waals surface area contributed by atoms with Crippen LogP contribution in [0.1, 0.15) is 47.6 Å². The summed E-state index contributed by atoms with van der Waals surface area (Å²) in [6.45, 7) is 0.967. The molecule has 1 fully saturated rings. The lowest BCUT2D eigenvalue weighted by molar-refractivity contribution is -0.137. The standard InChI is InChI=1S/C25H25BrF3N3O2/c1-30-23(34)31-20-15-24(22-17(20)6-4-8-19(22)26)11-13-32(14-12-24)21(33)10-9-16-5-2-3-7-18(16)25(27,28)29/h2-10,20H,11-15H2,1H3,(H2,30,31,34). The Labute approximate surface area is 204 Å². The first-order valence-corrected chi connectivity index (χ1v) is 11.8. The van der Waals surface area contributed by atoms with Gasteiger partial charge in [-0.15, -0.1) is 0 Å². The highest BCUT2D eigenvalue weighted by molar-refractivity contribution is 9.10. The van der Waals surface area contributed by atoms with E-state index in [0.717, 1.165) is 28.1 Å². The van der Waals surface area contributed by atoms with Crippen molar-refractivity contribution in [1.29, 1.82) is 0 Å². The highest BCUT2D eigenvalue weighted by atomic mass is 79.9. The van der Waals surface area contributed by atoms with Gasteiger partial charge in [-0.25, -0.2) is 4.79 Å². The van der Waals surface area contributed by atoms with Crippen molar-refractivity contribution in [2.45, 2.75) is 36.9 Å². The lowest BCUT2D eigenvalue weighted by Crippen LogP contribution is -2.44. The number of carbonyl (C=O) groups is 2. The molecule has 1 aliphatic carbocycles. The number of rotatable bonds is 3. The molecule has 5 nitrogen and oxygen atoms in total. The van der Waals surface area contributed by atoms with Gasteiger partial charge in [0.15, 0.2) is 0 Å². The zero-order valence-electron chi connectivity index (χ0n) is 18.6. The van der Waals surface area contributed by atoms with Gasteiger partial charge in [-0.1, -0.05) is 46.3 Å². The molecular weight excluding hydrogens is 511 g/mol. The Balaban J connectivity index is 1.49. The van der Waals surface area contributed by atoms with E-state index >= 15 is 0 Å². The van der Waals surface area contributed by atoms with Crippen LogP contribution in [0.3, 0.4) is 0 Å². The molecule has 3 amide bonds. The Hall–Kier alpha value is -2.81. The minimum absolute atomic E-state index is 0.0337. The summed E-state index contributed by atoms with van der Waals surface area (Å²) in [4.78, 5) is 26.4. The third-order valence-electron chi connectivity index (χ3n) is 6.78. The average Bonchev–Trinajstić information content (AvgIpc) is 3.11. The molecule has 1 saturated heterocycles. The molecule has 0 radical (unpaired) electrons. The lowest BCUT2D eigenvalue weighted by atomic mass is 9.73. The van der Waals surface area contributed by atoms with Crippen molar-refractivity contribution in [3.63, 3.8) is 0 Å². The molecule has 1 unspecified atom stereocenters. The number of benzene rings is 2. The second kappa shape index (κ2) is 9.44. The number of nitrogens with one attached hydrogen (secondary N) is 2. The summed E-state index contributed by atoms with van der Waals surface area (Å²) in [6.07, 6.45) is 0.108. The van der Waals surface area contributed by atoms with Gasteiger partial charge in [-0.05, 0) is 54.2 Å². The van der Waals surface area contributed by atoms with Crippen molar-refractivity contribution in [2.75, 3.05) is 20.1 Å². The van der Waals surface area contributed by atoms with Gasteiger partial charge in [0.25, 0.3) is 0 Å². The van der Waals surface area contributed by atoms with E-state index in [-0.39, 0.29) is 29.0 Å². The number of urea groups is 1. The van der Waals surface area contributed by atoms with E-state index in [1.807, 2.05) is 18.2 Å². The Morgan fingerprint density at radius 2 is 1.82 bits per heavy atom. The molecule has 180 valence electrons. The van der Waals surface area contributed by atoms with Gasteiger partial charge in [-0.3, -0.25) is 4.79 Å². The van der Waals surface area contributed by atoms with E-state index < -0.39 is 11.7 Å². The summed E-state index contributed by atoms with van der Waals surface area (Å²) < 4.78 is 40.6. The van der Waals surface area contributed by atoms with Crippen molar-refractivity contribution in [3.8, 4) is 0 Å². The van der Waals surface area contributed by atoms with Gasteiger partial charge in [0.1, 0.15) is 0 Å². The van der Waals surface area contributed by atoms with Crippen molar-refractivity contribution >= 4 is 33.9 Å². The summed E-state index contributed by atoms with van der Waals surface area (Å²) in [5, 5.41) is 5.62. The minimum Gasteiger partial charge on any atom is -0.341 e. The number of hydrogen-bond acceptors (Lipinski definition) is 2. The van der Waals surface area contributed by atoms with Gasteiger partial charge in [-0.2, -0.15) is 13.2 Å². The SMILES string of the molecule is CNC(=O)NC1CC2(CCN(C(=O)C=Cc3ccccc3C(F)(F)F)CC2)c2c(Br)cccc21. The number of halogens is 4. The molecule has 1 atom stereocenters. The van der Waals surface area contributed by atoms with Crippen LogP contribution in [0.15, 0.2) is 53.0 Å². The normalized spacial score (nSPS) is 19.3. The number of fused-ring (bicyclic) bond motifs is 2. The number of alkyl halides is 3. The van der Waals surface area contributed by atoms with Crippen LogP contribution >= 0.6 is 15.9 Å². The molecule has 0 bridgehead atoms. The van der Waals surface area contributed by atoms with Crippen LogP contribution in [0, 0.1) is 0 Å². The molecule has 2 N–H and O–H groups in total. The van der Waals surface area contributed by atoms with E-state index in [9.17, 15) is 22.8 Å². The predicted molar refractivity (Wildman–Crippen MR) is 127 cm³/mol. The van der Waals surface area contributed by atoms with Gasteiger partial charge in [0, 0.05) is 36.1 Å². The molecule has 2 aromatic rings. The third kappa shape index (κ3) is 4.71. The van der Waals surface area contributed by atoms with E-state index in [1.54, 1.807) is 11.9 Å². The van der Waals surface area contributed by atoms with Crippen LogP contribution in [-0.4, -0.2) is 37.0 Å². The molecule has 0 aromatic heterocycles. The molecule has 2 aromatic carbocycles. The van der Waals surface area contributed by atoms with Crippen molar-refractivity contribution in [2.24, 2.45) is 0 Å². The Bertz CT molecular complexity index is 1120. The molecule has 2 aliphatic rings. The van der Waals surface area contributed by atoms with Crippen LogP contribution in [0.25, 0.3) is 6.08 Å². The fourth-order valence-corrected chi connectivity index (χ4v) is 5.93. The molecule has 9 heteroatoms. The Morgan fingerprint density at radius 3 is 2.50 bits per heavy atom. The summed E-state index contributed by atoms with van der Waals surface area (Å²) in [6, 6.07) is 10.8. The van der Waals surface area contributed by atoms with Gasteiger partial charge >= 0.3 is 12.2 Å². The summed E-state index contributed by atoms with van der Waals surface area (Å²) in [5.74, 6) is -0.308. The number of nitrogens with zero attached hydrogens (tertiary/aromatic N) is 1. The fourth-order valence-electron chi connectivity index (χ4n) is 5.13. The molecule has 1 aliphatic heterocycles. The number of carbonyl (C=O) groups excluding carboxylic acids is 2. The number of piperidine rings is 1. The number of likely N-dealkylation sites (tertiary alicyclic amines) is 1. The molecule has 1 heterocycles. The van der Waals surface area contributed by atoms with E-state index in [0.29, 0.717) is 25.9 Å². The monoisotopic (exact) mass is 535 g/mol. The van der Waals surface area contributed by atoms with Crippen molar-refractivity contribution < 1.29 is 22.8 Å². The van der Waals surface area contributed by atoms with Crippen LogP contribution in [0.5, 0.6) is 0 Å². The smallest absolute Gasteiger partial charge is 0.341 e. The topological polar surface area (TPSA) is 61.4 Å². The minimum atomic E-state index is -4.48. The molecule has 34 heavy (non-hydrogen) atoms. The Kier molecular flexibility index (Phi) is 6.75. The first kappa shape index (κ1) is 24.3. The Morgan fingerprint density at radius 1 is 1.12 bits per heavy atom. The van der Waals surface area contributed by atoms with Crippen LogP contribution < -0.4 is 10.6 Å².